The molecule has 0 atom stereocenters. The Balaban J connectivity index is 2.41. The van der Waals surface area contributed by atoms with Crippen molar-refractivity contribution < 1.29 is 0 Å². The van der Waals surface area contributed by atoms with Crippen LogP contribution in [0.5, 0.6) is 0 Å². The summed E-state index contributed by atoms with van der Waals surface area (Å²) in [7, 11) is 0. The van der Waals surface area contributed by atoms with Gasteiger partial charge in [-0.05, 0) is 19.4 Å². The lowest BCUT2D eigenvalue weighted by Gasteiger charge is -1.95. The number of hydrogen-bond acceptors (Lipinski definition) is 2. The van der Waals surface area contributed by atoms with Crippen molar-refractivity contribution in [2.75, 3.05) is 0 Å². The van der Waals surface area contributed by atoms with E-state index >= 15 is 0 Å². The Morgan fingerprint density at radius 2 is 1.92 bits per heavy atom. The van der Waals surface area contributed by atoms with E-state index in [-0.39, 0.29) is 0 Å². The number of aromatic nitrogens is 1. The van der Waals surface area contributed by atoms with Crippen molar-refractivity contribution in [3.05, 3.63) is 47.8 Å². The van der Waals surface area contributed by atoms with Crippen LogP contribution in [0.1, 0.15) is 11.3 Å². The van der Waals surface area contributed by atoms with Crippen LogP contribution in [0.2, 0.25) is 0 Å². The van der Waals surface area contributed by atoms with Gasteiger partial charge in [-0.15, -0.1) is 11.3 Å². The summed E-state index contributed by atoms with van der Waals surface area (Å²) in [6.07, 6.45) is 0. The maximum Gasteiger partial charge on any atom is 0.123 e. The molecule has 0 unspecified atom stereocenters. The van der Waals surface area contributed by atoms with E-state index in [1.807, 2.05) is 19.1 Å². The molecule has 0 bridgehead atoms. The molecule has 1 nitrogen and oxygen atoms in total. The number of rotatable bonds is 1. The quantitative estimate of drug-likeness (QED) is 0.669. The summed E-state index contributed by atoms with van der Waals surface area (Å²) in [6, 6.07) is 8.12. The van der Waals surface area contributed by atoms with Crippen LogP contribution in [0.3, 0.4) is 0 Å². The molecule has 0 fully saturated rings. The molecule has 1 aromatic heterocycles. The van der Waals surface area contributed by atoms with Crippen LogP contribution in [0, 0.1) is 13.8 Å². The molecule has 0 amide bonds. The van der Waals surface area contributed by atoms with E-state index in [0.717, 1.165) is 16.3 Å². The van der Waals surface area contributed by atoms with Gasteiger partial charge in [0.2, 0.25) is 0 Å². The highest BCUT2D eigenvalue weighted by Crippen LogP contribution is 2.23. The Bertz CT molecular complexity index is 400. The highest BCUT2D eigenvalue weighted by Gasteiger charge is 2.00. The summed E-state index contributed by atoms with van der Waals surface area (Å²) < 4.78 is 0. The number of thiazole rings is 1. The number of hydrogen-bond donors (Lipinski definition) is 0. The van der Waals surface area contributed by atoms with Gasteiger partial charge >= 0.3 is 0 Å². The van der Waals surface area contributed by atoms with Crippen LogP contribution < -0.4 is 0 Å². The van der Waals surface area contributed by atoms with Crippen molar-refractivity contribution in [2.45, 2.75) is 6.92 Å². The molecule has 0 N–H and O–H groups in total. The first-order valence-electron chi connectivity index (χ1n) is 4.10. The van der Waals surface area contributed by atoms with E-state index in [1.165, 1.54) is 5.56 Å². The van der Waals surface area contributed by atoms with Crippen molar-refractivity contribution >= 4 is 11.3 Å². The third kappa shape index (κ3) is 1.78. The van der Waals surface area contributed by atoms with Gasteiger partial charge in [0.05, 0.1) is 0 Å². The summed E-state index contributed by atoms with van der Waals surface area (Å²) in [4.78, 5) is 4.41. The Kier molecular flexibility index (Phi) is 2.15. The average Bonchev–Trinajstić information content (AvgIpc) is 2.53. The minimum Gasteiger partial charge on any atom is -0.241 e. The first-order valence-corrected chi connectivity index (χ1v) is 4.98. The Morgan fingerprint density at radius 1 is 1.23 bits per heavy atom. The Hall–Kier alpha value is -1.15. The lowest BCUT2D eigenvalue weighted by molar-refractivity contribution is 1.27. The zero-order valence-electron chi connectivity index (χ0n) is 7.45. The van der Waals surface area contributed by atoms with Crippen LogP contribution in [0.25, 0.3) is 10.6 Å². The van der Waals surface area contributed by atoms with Gasteiger partial charge < -0.3 is 0 Å². The van der Waals surface area contributed by atoms with Crippen molar-refractivity contribution in [2.24, 2.45) is 0 Å². The molecule has 1 aromatic carbocycles. The molecular formula is C11H10NS. The number of nitrogens with zero attached hydrogens (tertiary/aromatic N) is 1. The third-order valence-electron chi connectivity index (χ3n) is 1.82. The van der Waals surface area contributed by atoms with Crippen molar-refractivity contribution in [1.82, 2.24) is 4.98 Å². The van der Waals surface area contributed by atoms with Gasteiger partial charge in [0.1, 0.15) is 5.01 Å². The summed E-state index contributed by atoms with van der Waals surface area (Å²) in [5, 5.41) is 3.14. The maximum atomic E-state index is 4.41. The molecule has 0 saturated heterocycles. The van der Waals surface area contributed by atoms with Gasteiger partial charge in [0.15, 0.2) is 0 Å². The molecule has 0 aliphatic rings. The van der Waals surface area contributed by atoms with Gasteiger partial charge in [0, 0.05) is 16.6 Å². The Labute approximate surface area is 82.1 Å². The predicted octanol–water partition coefficient (Wildman–Crippen LogP) is 3.30. The Morgan fingerprint density at radius 3 is 2.46 bits per heavy atom. The first kappa shape index (κ1) is 8.45. The fourth-order valence-electron chi connectivity index (χ4n) is 1.13. The topological polar surface area (TPSA) is 12.9 Å². The SMILES string of the molecule is [CH2]c1ccc(-c2nc(C)cs2)cc1. The van der Waals surface area contributed by atoms with Crippen molar-refractivity contribution in [3.8, 4) is 10.6 Å². The van der Waals surface area contributed by atoms with Crippen molar-refractivity contribution in [1.29, 1.82) is 0 Å². The molecule has 1 radical (unpaired) electrons. The van der Waals surface area contributed by atoms with Gasteiger partial charge in [-0.1, -0.05) is 24.3 Å². The monoisotopic (exact) mass is 188 g/mol. The molecule has 0 saturated carbocycles. The molecule has 0 aliphatic heterocycles. The molecule has 1 heterocycles. The smallest absolute Gasteiger partial charge is 0.123 e. The summed E-state index contributed by atoms with van der Waals surface area (Å²) >= 11 is 1.68. The number of aryl methyl sites for hydroxylation is 1. The first-order chi connectivity index (χ1) is 6.25. The van der Waals surface area contributed by atoms with Crippen LogP contribution >= 0.6 is 11.3 Å². The van der Waals surface area contributed by atoms with Crippen molar-refractivity contribution in [3.63, 3.8) is 0 Å². The average molecular weight is 188 g/mol. The zero-order chi connectivity index (χ0) is 9.26. The fourth-order valence-corrected chi connectivity index (χ4v) is 1.94. The van der Waals surface area contributed by atoms with Gasteiger partial charge in [-0.2, -0.15) is 0 Å². The van der Waals surface area contributed by atoms with Crippen LogP contribution in [-0.4, -0.2) is 4.98 Å². The lowest BCUT2D eigenvalue weighted by atomic mass is 10.2. The molecule has 2 rings (SSSR count). The van der Waals surface area contributed by atoms with E-state index in [2.05, 4.69) is 29.4 Å². The molecule has 13 heavy (non-hydrogen) atoms. The molecule has 2 aromatic rings. The molecule has 0 aliphatic carbocycles. The summed E-state index contributed by atoms with van der Waals surface area (Å²) in [5.41, 5.74) is 3.29. The second-order valence-corrected chi connectivity index (χ2v) is 3.85. The van der Waals surface area contributed by atoms with E-state index in [9.17, 15) is 0 Å². The minimum absolute atomic E-state index is 1.04. The predicted molar refractivity (Wildman–Crippen MR) is 56.7 cm³/mol. The van der Waals surface area contributed by atoms with Gasteiger partial charge in [0.25, 0.3) is 0 Å². The second kappa shape index (κ2) is 3.30. The third-order valence-corrected chi connectivity index (χ3v) is 2.83. The van der Waals surface area contributed by atoms with E-state index in [4.69, 9.17) is 0 Å². The molecule has 65 valence electrons. The zero-order valence-corrected chi connectivity index (χ0v) is 8.27. The summed E-state index contributed by atoms with van der Waals surface area (Å²) in [6.45, 7) is 5.85. The normalized spacial score (nSPS) is 10.3. The highest BCUT2D eigenvalue weighted by atomic mass is 32.1. The van der Waals surface area contributed by atoms with E-state index in [1.54, 1.807) is 11.3 Å². The van der Waals surface area contributed by atoms with Crippen LogP contribution in [-0.2, 0) is 0 Å². The van der Waals surface area contributed by atoms with E-state index in [0.29, 0.717) is 0 Å². The summed E-state index contributed by atoms with van der Waals surface area (Å²) in [5.74, 6) is 0. The van der Waals surface area contributed by atoms with Gasteiger partial charge in [-0.3, -0.25) is 0 Å². The number of benzene rings is 1. The largest absolute Gasteiger partial charge is 0.241 e. The van der Waals surface area contributed by atoms with Crippen LogP contribution in [0.15, 0.2) is 29.6 Å². The highest BCUT2D eigenvalue weighted by molar-refractivity contribution is 7.13. The minimum atomic E-state index is 1.04. The molecular weight excluding hydrogens is 178 g/mol. The lowest BCUT2D eigenvalue weighted by Crippen LogP contribution is -1.77. The van der Waals surface area contributed by atoms with Gasteiger partial charge in [-0.25, -0.2) is 4.98 Å². The second-order valence-electron chi connectivity index (χ2n) is 2.99. The molecule has 2 heteroatoms. The molecule has 0 spiro atoms. The maximum absolute atomic E-state index is 4.41. The van der Waals surface area contributed by atoms with Crippen LogP contribution in [0.4, 0.5) is 0 Å². The fraction of sp³-hybridized carbons (Fsp3) is 0.0909. The van der Waals surface area contributed by atoms with E-state index < -0.39 is 0 Å². The standard InChI is InChI=1S/C11H10NS/c1-8-3-5-10(6-4-8)11-12-9(2)7-13-11/h3-7H,1H2,2H3.